The molecule has 0 radical (unpaired) electrons. The molecule has 0 unspecified atom stereocenters. The van der Waals surface area contributed by atoms with Crippen LogP contribution in [0.25, 0.3) is 0 Å². The molecule has 0 aromatic heterocycles. The molecule has 1 fully saturated rings. The molecule has 0 bridgehead atoms. The summed E-state index contributed by atoms with van der Waals surface area (Å²) in [5, 5.41) is 9.42. The summed E-state index contributed by atoms with van der Waals surface area (Å²) in [7, 11) is 0. The van der Waals surface area contributed by atoms with Crippen LogP contribution in [0.3, 0.4) is 0 Å². The van der Waals surface area contributed by atoms with Crippen molar-refractivity contribution < 1.29 is 14.6 Å². The third-order valence-corrected chi connectivity index (χ3v) is 3.40. The Labute approximate surface area is 96.0 Å². The lowest BCUT2D eigenvalue weighted by atomic mass is 9.90. The highest BCUT2D eigenvalue weighted by atomic mass is 16.7. The highest BCUT2D eigenvalue weighted by Crippen LogP contribution is 2.44. The Hall–Kier alpha value is -1.06. The zero-order valence-corrected chi connectivity index (χ0v) is 10.2. The van der Waals surface area contributed by atoms with E-state index in [4.69, 9.17) is 9.47 Å². The van der Waals surface area contributed by atoms with Gasteiger partial charge in [0.15, 0.2) is 6.29 Å². The molecule has 1 heterocycles. The van der Waals surface area contributed by atoms with E-state index in [1.54, 1.807) is 18.2 Å². The van der Waals surface area contributed by atoms with E-state index in [1.807, 2.05) is 33.8 Å². The molecule has 1 N–H and O–H groups in total. The number of hydrogen-bond donors (Lipinski definition) is 1. The standard InChI is InChI=1S/C13H18O3/c1-12(2)13(3,4)16-11(15-12)9-6-5-7-10(14)8-9/h5-8,11,14H,1-4H3. The van der Waals surface area contributed by atoms with Crippen LogP contribution in [0.1, 0.15) is 39.5 Å². The third kappa shape index (κ3) is 1.81. The molecule has 88 valence electrons. The Bertz CT molecular complexity index is 380. The van der Waals surface area contributed by atoms with E-state index in [-0.39, 0.29) is 17.0 Å². The van der Waals surface area contributed by atoms with Gasteiger partial charge in [-0.2, -0.15) is 0 Å². The van der Waals surface area contributed by atoms with Crippen molar-refractivity contribution in [2.45, 2.75) is 45.2 Å². The summed E-state index contributed by atoms with van der Waals surface area (Å²) in [5.74, 6) is 0.229. The van der Waals surface area contributed by atoms with Crippen LogP contribution in [0.2, 0.25) is 0 Å². The van der Waals surface area contributed by atoms with E-state index < -0.39 is 6.29 Å². The molecule has 0 aliphatic carbocycles. The fourth-order valence-electron chi connectivity index (χ4n) is 1.65. The lowest BCUT2D eigenvalue weighted by Crippen LogP contribution is -2.41. The SMILES string of the molecule is CC1(C)OC(c2cccc(O)c2)OC1(C)C. The zero-order valence-electron chi connectivity index (χ0n) is 10.2. The van der Waals surface area contributed by atoms with E-state index in [9.17, 15) is 5.11 Å². The molecular formula is C13H18O3. The first-order chi connectivity index (χ1) is 7.32. The molecule has 1 aromatic carbocycles. The second-order valence-corrected chi connectivity index (χ2v) is 5.18. The van der Waals surface area contributed by atoms with E-state index in [1.165, 1.54) is 0 Å². The van der Waals surface area contributed by atoms with Crippen LogP contribution >= 0.6 is 0 Å². The average Bonchev–Trinajstić information content (AvgIpc) is 2.36. The molecule has 1 aromatic rings. The number of aromatic hydroxyl groups is 1. The predicted octanol–water partition coefficient (Wildman–Crippen LogP) is 2.99. The molecule has 2 rings (SSSR count). The minimum absolute atomic E-state index is 0.229. The van der Waals surface area contributed by atoms with Gasteiger partial charge in [0.1, 0.15) is 5.75 Å². The van der Waals surface area contributed by atoms with Crippen molar-refractivity contribution in [2.24, 2.45) is 0 Å². The summed E-state index contributed by atoms with van der Waals surface area (Å²) in [5.41, 5.74) is 0.158. The lowest BCUT2D eigenvalue weighted by molar-refractivity contribution is -0.0896. The Morgan fingerprint density at radius 1 is 1.06 bits per heavy atom. The van der Waals surface area contributed by atoms with Crippen molar-refractivity contribution in [1.82, 2.24) is 0 Å². The first kappa shape index (κ1) is 11.4. The van der Waals surface area contributed by atoms with Crippen molar-refractivity contribution in [3.8, 4) is 5.75 Å². The van der Waals surface area contributed by atoms with Crippen molar-refractivity contribution in [2.75, 3.05) is 0 Å². The van der Waals surface area contributed by atoms with Crippen LogP contribution in [-0.2, 0) is 9.47 Å². The average molecular weight is 222 g/mol. The maximum Gasteiger partial charge on any atom is 0.185 e. The second-order valence-electron chi connectivity index (χ2n) is 5.18. The molecule has 16 heavy (non-hydrogen) atoms. The van der Waals surface area contributed by atoms with Crippen LogP contribution in [0.4, 0.5) is 0 Å². The zero-order chi connectivity index (χ0) is 12.0. The second kappa shape index (κ2) is 3.47. The number of benzene rings is 1. The van der Waals surface area contributed by atoms with Gasteiger partial charge in [-0.15, -0.1) is 0 Å². The van der Waals surface area contributed by atoms with Gasteiger partial charge < -0.3 is 14.6 Å². The Morgan fingerprint density at radius 2 is 1.62 bits per heavy atom. The van der Waals surface area contributed by atoms with Gasteiger partial charge >= 0.3 is 0 Å². The van der Waals surface area contributed by atoms with E-state index in [0.29, 0.717) is 0 Å². The van der Waals surface area contributed by atoms with Crippen LogP contribution in [0.5, 0.6) is 5.75 Å². The molecule has 1 aliphatic heterocycles. The van der Waals surface area contributed by atoms with Crippen LogP contribution in [0, 0.1) is 0 Å². The summed E-state index contributed by atoms with van der Waals surface area (Å²) in [6.07, 6.45) is -0.405. The minimum Gasteiger partial charge on any atom is -0.508 e. The number of ether oxygens (including phenoxy) is 2. The molecular weight excluding hydrogens is 204 g/mol. The summed E-state index contributed by atoms with van der Waals surface area (Å²) in [4.78, 5) is 0. The van der Waals surface area contributed by atoms with Gasteiger partial charge in [-0.3, -0.25) is 0 Å². The van der Waals surface area contributed by atoms with Crippen LogP contribution in [-0.4, -0.2) is 16.3 Å². The smallest absolute Gasteiger partial charge is 0.185 e. The number of phenols is 1. The Kier molecular flexibility index (Phi) is 2.48. The molecule has 0 atom stereocenters. The van der Waals surface area contributed by atoms with Gasteiger partial charge in [0.25, 0.3) is 0 Å². The number of hydrogen-bond acceptors (Lipinski definition) is 3. The summed E-state index contributed by atoms with van der Waals surface area (Å²) < 4.78 is 11.7. The molecule has 1 aliphatic rings. The summed E-state index contributed by atoms with van der Waals surface area (Å²) >= 11 is 0. The van der Waals surface area contributed by atoms with Gasteiger partial charge in [-0.25, -0.2) is 0 Å². The predicted molar refractivity (Wildman–Crippen MR) is 61.2 cm³/mol. The maximum absolute atomic E-state index is 9.42. The normalized spacial score (nSPS) is 23.5. The molecule has 0 saturated carbocycles. The Balaban J connectivity index is 2.27. The van der Waals surface area contributed by atoms with Crippen molar-refractivity contribution in [1.29, 1.82) is 0 Å². The topological polar surface area (TPSA) is 38.7 Å². The number of rotatable bonds is 1. The summed E-state index contributed by atoms with van der Waals surface area (Å²) in [6, 6.07) is 6.98. The number of phenolic OH excluding ortho intramolecular Hbond substituents is 1. The maximum atomic E-state index is 9.42. The molecule has 3 nitrogen and oxygen atoms in total. The first-order valence-electron chi connectivity index (χ1n) is 5.46. The fraction of sp³-hybridized carbons (Fsp3) is 0.538. The van der Waals surface area contributed by atoms with E-state index in [0.717, 1.165) is 5.56 Å². The molecule has 3 heteroatoms. The van der Waals surface area contributed by atoms with Gasteiger partial charge in [0.05, 0.1) is 11.2 Å². The van der Waals surface area contributed by atoms with Crippen LogP contribution < -0.4 is 0 Å². The van der Waals surface area contributed by atoms with Gasteiger partial charge in [0.2, 0.25) is 0 Å². The lowest BCUT2D eigenvalue weighted by Gasteiger charge is -2.30. The van der Waals surface area contributed by atoms with Crippen molar-refractivity contribution in [3.63, 3.8) is 0 Å². The van der Waals surface area contributed by atoms with E-state index >= 15 is 0 Å². The van der Waals surface area contributed by atoms with Gasteiger partial charge in [-0.05, 0) is 39.8 Å². The Morgan fingerprint density at radius 3 is 2.12 bits per heavy atom. The largest absolute Gasteiger partial charge is 0.508 e. The fourth-order valence-corrected chi connectivity index (χ4v) is 1.65. The van der Waals surface area contributed by atoms with Gasteiger partial charge in [0, 0.05) is 5.56 Å². The third-order valence-electron chi connectivity index (χ3n) is 3.40. The van der Waals surface area contributed by atoms with Crippen molar-refractivity contribution >= 4 is 0 Å². The molecule has 0 amide bonds. The quantitative estimate of drug-likeness (QED) is 0.793. The summed E-state index contributed by atoms with van der Waals surface area (Å²) in [6.45, 7) is 8.04. The highest BCUT2D eigenvalue weighted by Gasteiger charge is 2.49. The van der Waals surface area contributed by atoms with Crippen LogP contribution in [0.15, 0.2) is 24.3 Å². The van der Waals surface area contributed by atoms with Crippen molar-refractivity contribution in [3.05, 3.63) is 29.8 Å². The highest BCUT2D eigenvalue weighted by molar-refractivity contribution is 5.28. The molecule has 1 saturated heterocycles. The minimum atomic E-state index is -0.405. The monoisotopic (exact) mass is 222 g/mol. The molecule has 0 spiro atoms. The first-order valence-corrected chi connectivity index (χ1v) is 5.46. The van der Waals surface area contributed by atoms with E-state index in [2.05, 4.69) is 0 Å². The van der Waals surface area contributed by atoms with Gasteiger partial charge in [-0.1, -0.05) is 12.1 Å².